The molecule has 7 nitrogen and oxygen atoms in total. The Balaban J connectivity index is 1.21. The Labute approximate surface area is 333 Å². The number of hydrogen-bond donors (Lipinski definition) is 1. The number of benzene rings is 7. The number of ketones is 1. The van der Waals surface area contributed by atoms with Crippen LogP contribution in [-0.2, 0) is 33.0 Å². The summed E-state index contributed by atoms with van der Waals surface area (Å²) in [6, 6.07) is 55.7. The lowest BCUT2D eigenvalue weighted by Crippen LogP contribution is -2.07. The number of phenolic OH excluding ortho intramolecular Hbond substituents is 1. The van der Waals surface area contributed by atoms with Crippen LogP contribution < -0.4 is 23.7 Å². The van der Waals surface area contributed by atoms with Crippen molar-refractivity contribution in [2.45, 2.75) is 33.0 Å². The van der Waals surface area contributed by atoms with Crippen molar-refractivity contribution in [2.75, 3.05) is 0 Å². The lowest BCUT2D eigenvalue weighted by atomic mass is 10.1. The molecule has 7 aromatic carbocycles. The molecule has 0 saturated carbocycles. The second-order valence-electron chi connectivity index (χ2n) is 13.2. The van der Waals surface area contributed by atoms with Crippen molar-refractivity contribution >= 4 is 11.9 Å². The first-order valence-corrected chi connectivity index (χ1v) is 18.7. The molecule has 0 heterocycles. The maximum absolute atomic E-state index is 14.2. The number of phenols is 1. The van der Waals surface area contributed by atoms with Crippen molar-refractivity contribution in [1.29, 1.82) is 0 Å². The van der Waals surface area contributed by atoms with Gasteiger partial charge in [0.25, 0.3) is 0 Å². The highest BCUT2D eigenvalue weighted by Crippen LogP contribution is 2.46. The van der Waals surface area contributed by atoms with Gasteiger partial charge in [0.2, 0.25) is 5.75 Å². The fraction of sp³-hybridized carbons (Fsp3) is 0.100. The van der Waals surface area contributed by atoms with Crippen LogP contribution in [0.1, 0.15) is 43.7 Å². The van der Waals surface area contributed by atoms with E-state index in [4.69, 9.17) is 23.7 Å². The number of carbonyl (C=O) groups is 1. The molecule has 7 aromatic rings. The lowest BCUT2D eigenvalue weighted by Gasteiger charge is -2.19. The van der Waals surface area contributed by atoms with E-state index in [1.165, 1.54) is 6.08 Å². The molecule has 0 aliphatic heterocycles. The topological polar surface area (TPSA) is 83.5 Å². The van der Waals surface area contributed by atoms with Gasteiger partial charge >= 0.3 is 0 Å². The lowest BCUT2D eigenvalue weighted by molar-refractivity contribution is 0.103. The van der Waals surface area contributed by atoms with Crippen molar-refractivity contribution in [3.8, 4) is 34.5 Å². The first kappa shape index (κ1) is 38.0. The number of rotatable bonds is 18. The number of allylic oxidation sites excluding steroid dienone is 1. The molecule has 0 fully saturated rings. The van der Waals surface area contributed by atoms with Gasteiger partial charge in [-0.2, -0.15) is 0 Å². The molecule has 0 spiro atoms. The minimum Gasteiger partial charge on any atom is -0.504 e. The van der Waals surface area contributed by atoms with Crippen LogP contribution in [0.25, 0.3) is 6.08 Å². The predicted octanol–water partition coefficient (Wildman–Crippen LogP) is 11.2. The Morgan fingerprint density at radius 3 is 1.26 bits per heavy atom. The number of carbonyl (C=O) groups excluding carboxylic acids is 1. The van der Waals surface area contributed by atoms with Gasteiger partial charge in [-0.15, -0.1) is 0 Å². The largest absolute Gasteiger partial charge is 0.504 e. The fourth-order valence-corrected chi connectivity index (χ4v) is 5.99. The van der Waals surface area contributed by atoms with Crippen molar-refractivity contribution in [1.82, 2.24) is 0 Å². The molecule has 0 aliphatic carbocycles. The van der Waals surface area contributed by atoms with E-state index in [1.807, 2.05) is 170 Å². The second kappa shape index (κ2) is 19.4. The fourth-order valence-electron chi connectivity index (χ4n) is 5.99. The molecule has 0 bridgehead atoms. The number of hydrogen-bond acceptors (Lipinski definition) is 7. The van der Waals surface area contributed by atoms with Gasteiger partial charge in [-0.25, -0.2) is 0 Å². The predicted molar refractivity (Wildman–Crippen MR) is 222 cm³/mol. The molecule has 0 saturated heterocycles. The zero-order chi connectivity index (χ0) is 39.1. The summed E-state index contributed by atoms with van der Waals surface area (Å²) in [5.74, 6) is 0.640. The molecule has 0 aliphatic rings. The van der Waals surface area contributed by atoms with Crippen molar-refractivity contribution in [3.63, 3.8) is 0 Å². The highest BCUT2D eigenvalue weighted by Gasteiger charge is 2.26. The molecule has 0 aromatic heterocycles. The van der Waals surface area contributed by atoms with Gasteiger partial charge in [0.15, 0.2) is 28.8 Å². The maximum Gasteiger partial charge on any atom is 0.204 e. The van der Waals surface area contributed by atoms with Gasteiger partial charge in [0, 0.05) is 6.07 Å². The highest BCUT2D eigenvalue weighted by atomic mass is 16.5. The summed E-state index contributed by atoms with van der Waals surface area (Å²) in [5.41, 5.74) is 5.35. The van der Waals surface area contributed by atoms with Crippen LogP contribution in [0.4, 0.5) is 0 Å². The van der Waals surface area contributed by atoms with Crippen molar-refractivity contribution in [3.05, 3.63) is 221 Å². The van der Waals surface area contributed by atoms with Gasteiger partial charge in [0.05, 0.1) is 0 Å². The molecule has 0 atom stereocenters. The van der Waals surface area contributed by atoms with Gasteiger partial charge in [-0.05, 0) is 51.6 Å². The van der Waals surface area contributed by atoms with E-state index in [-0.39, 0.29) is 48.4 Å². The first-order valence-electron chi connectivity index (χ1n) is 18.7. The van der Waals surface area contributed by atoms with E-state index < -0.39 is 5.78 Å². The van der Waals surface area contributed by atoms with E-state index in [2.05, 4.69) is 0 Å². The molecule has 1 N–H and O–H groups in total. The summed E-state index contributed by atoms with van der Waals surface area (Å²) >= 11 is 0. The standard InChI is InChI=1S/C50H42O7/c51-43(28-26-37-27-29-44(53-32-38-16-6-1-7-17-38)45(30-37)54-33-39-18-8-2-9-19-39)48-46(55-34-40-20-10-3-11-21-40)31-47(56-35-41-22-12-4-13-23-41)50(49(48)52)57-36-42-24-14-5-15-25-42/h1-31,52H,32-36H2/b28-26+/i43+1. The summed E-state index contributed by atoms with van der Waals surface area (Å²) in [7, 11) is 0. The third-order valence-electron chi connectivity index (χ3n) is 9.00. The summed E-state index contributed by atoms with van der Waals surface area (Å²) < 4.78 is 31.2. The monoisotopic (exact) mass is 755 g/mol. The zero-order valence-corrected chi connectivity index (χ0v) is 31.3. The van der Waals surface area contributed by atoms with Gasteiger partial charge < -0.3 is 28.8 Å². The molecule has 57 heavy (non-hydrogen) atoms. The quantitative estimate of drug-likeness (QED) is 0.0530. The number of aromatic hydroxyl groups is 1. The SMILES string of the molecule is O=[13C](/C=C/c1ccc(OCc2ccccc2)c(OCc2ccccc2)c1)c1c(OCc2ccccc2)cc(OCc2ccccc2)c(OCc2ccccc2)c1O. The maximum atomic E-state index is 14.2. The Kier molecular flexibility index (Phi) is 12.9. The molecule has 284 valence electrons. The van der Waals surface area contributed by atoms with Crippen LogP contribution in [0.3, 0.4) is 0 Å². The minimum atomic E-state index is -0.495. The van der Waals surface area contributed by atoms with Gasteiger partial charge in [0.1, 0.15) is 44.3 Å². The van der Waals surface area contributed by atoms with Crippen molar-refractivity contribution < 1.29 is 33.6 Å². The Bertz CT molecular complexity index is 2360. The Morgan fingerprint density at radius 1 is 0.421 bits per heavy atom. The summed E-state index contributed by atoms with van der Waals surface area (Å²) in [5, 5.41) is 11.9. The van der Waals surface area contributed by atoms with E-state index in [1.54, 1.807) is 12.1 Å². The molecule has 7 heteroatoms. The summed E-state index contributed by atoms with van der Waals surface area (Å²) in [4.78, 5) is 14.2. The van der Waals surface area contributed by atoms with E-state index in [0.717, 1.165) is 27.8 Å². The summed E-state index contributed by atoms with van der Waals surface area (Å²) in [6.07, 6.45) is 3.07. The normalized spacial score (nSPS) is 10.9. The zero-order valence-electron chi connectivity index (χ0n) is 31.3. The van der Waals surface area contributed by atoms with E-state index in [0.29, 0.717) is 30.3 Å². The van der Waals surface area contributed by atoms with Crippen LogP contribution in [-0.4, -0.2) is 10.9 Å². The smallest absolute Gasteiger partial charge is 0.204 e. The van der Waals surface area contributed by atoms with Crippen LogP contribution >= 0.6 is 0 Å². The third-order valence-corrected chi connectivity index (χ3v) is 9.00. The highest BCUT2D eigenvalue weighted by molar-refractivity contribution is 6.11. The summed E-state index contributed by atoms with van der Waals surface area (Å²) in [6.45, 7) is 1.18. The van der Waals surface area contributed by atoms with Crippen LogP contribution in [0.15, 0.2) is 182 Å². The molecule has 0 unspecified atom stereocenters. The van der Waals surface area contributed by atoms with E-state index >= 15 is 0 Å². The third kappa shape index (κ3) is 10.7. The molecule has 0 radical (unpaired) electrons. The van der Waals surface area contributed by atoms with Crippen LogP contribution in [0.2, 0.25) is 0 Å². The van der Waals surface area contributed by atoms with E-state index in [9.17, 15) is 9.90 Å². The molecular weight excluding hydrogens is 714 g/mol. The minimum absolute atomic E-state index is 0.0371. The van der Waals surface area contributed by atoms with Gasteiger partial charge in [-0.1, -0.05) is 164 Å². The van der Waals surface area contributed by atoms with Crippen molar-refractivity contribution in [2.24, 2.45) is 0 Å². The Morgan fingerprint density at radius 2 is 0.807 bits per heavy atom. The van der Waals surface area contributed by atoms with Gasteiger partial charge in [-0.3, -0.25) is 4.79 Å². The van der Waals surface area contributed by atoms with Crippen LogP contribution in [0, 0.1) is 0 Å². The van der Waals surface area contributed by atoms with Crippen LogP contribution in [0.5, 0.6) is 34.5 Å². The molecular formula is C50H42O7. The first-order chi connectivity index (χ1) is 28.1. The average molecular weight is 756 g/mol. The molecule has 0 amide bonds. The number of ether oxygens (including phenoxy) is 5. The average Bonchev–Trinajstić information content (AvgIpc) is 3.27. The second-order valence-corrected chi connectivity index (χ2v) is 13.2. The molecule has 7 rings (SSSR count). The Hall–Kier alpha value is -7.25.